The Morgan fingerprint density at radius 1 is 1.13 bits per heavy atom. The molecule has 0 spiro atoms. The molecule has 1 aliphatic carbocycles. The summed E-state index contributed by atoms with van der Waals surface area (Å²) in [5.41, 5.74) is -1.09. The Hall–Kier alpha value is -3.57. The molecule has 5 rings (SSSR count). The number of aromatic nitrogens is 2. The number of amides is 2. The molecule has 8 atom stereocenters. The van der Waals surface area contributed by atoms with Gasteiger partial charge in [0.05, 0.1) is 30.7 Å². The van der Waals surface area contributed by atoms with Gasteiger partial charge in [0.15, 0.2) is 6.17 Å². The summed E-state index contributed by atoms with van der Waals surface area (Å²) in [6.45, 7) is 9.20. The highest BCUT2D eigenvalue weighted by molar-refractivity contribution is 5.89. The lowest BCUT2D eigenvalue weighted by atomic mass is 9.85. The van der Waals surface area contributed by atoms with Crippen LogP contribution in [0.4, 0.5) is 13.6 Å². The Balaban J connectivity index is 1.59. The van der Waals surface area contributed by atoms with Crippen LogP contribution < -0.4 is 14.8 Å². The molecule has 3 aliphatic rings. The second-order valence-corrected chi connectivity index (χ2v) is 14.2. The molecule has 2 amide bonds. The van der Waals surface area contributed by atoms with Crippen LogP contribution in [0.25, 0.3) is 11.0 Å². The number of fused-ring (bicyclic) bond motifs is 5. The molecule has 1 N–H and O–H groups in total. The number of ether oxygens (including phenoxy) is 3. The van der Waals surface area contributed by atoms with Crippen molar-refractivity contribution in [1.29, 1.82) is 0 Å². The van der Waals surface area contributed by atoms with E-state index in [1.807, 2.05) is 34.6 Å². The SMILES string of the molecule is CC[C@@H]1[C@@H]2CN(C(=O)[C@H](C(C)(C)C)NC(=O)O[C@]3(C)CCC[C@H]3CCCC(F)C(F)c3nc4ccc(OC)cc4nc3O2)[C@@H]1C=O. The van der Waals surface area contributed by atoms with E-state index in [2.05, 4.69) is 15.3 Å². The number of alkyl carbamates (subject to hydrolysis) is 1. The summed E-state index contributed by atoms with van der Waals surface area (Å²) < 4.78 is 49.4. The topological polar surface area (TPSA) is 120 Å². The van der Waals surface area contributed by atoms with E-state index < -0.39 is 59.5 Å². The molecule has 2 unspecified atom stereocenters. The van der Waals surface area contributed by atoms with E-state index >= 15 is 8.78 Å². The van der Waals surface area contributed by atoms with Crippen LogP contribution in [0.5, 0.6) is 11.6 Å². The molecule has 3 heterocycles. The zero-order chi connectivity index (χ0) is 33.4. The first-order valence-electron chi connectivity index (χ1n) is 16.3. The van der Waals surface area contributed by atoms with Gasteiger partial charge in [0.1, 0.15) is 41.6 Å². The van der Waals surface area contributed by atoms with Crippen LogP contribution in [0.3, 0.4) is 0 Å². The summed E-state index contributed by atoms with van der Waals surface area (Å²) in [6.07, 6.45) is -1.28. The minimum absolute atomic E-state index is 0.0306. The third-order valence-corrected chi connectivity index (χ3v) is 10.1. The van der Waals surface area contributed by atoms with Crippen molar-refractivity contribution in [2.75, 3.05) is 13.7 Å². The van der Waals surface area contributed by atoms with E-state index in [0.717, 1.165) is 12.8 Å². The average molecular weight is 645 g/mol. The van der Waals surface area contributed by atoms with Crippen LogP contribution in [0.2, 0.25) is 0 Å². The van der Waals surface area contributed by atoms with E-state index in [-0.39, 0.29) is 30.5 Å². The fourth-order valence-corrected chi connectivity index (χ4v) is 7.35. The number of aldehydes is 1. The predicted molar refractivity (Wildman–Crippen MR) is 167 cm³/mol. The highest BCUT2D eigenvalue weighted by Crippen LogP contribution is 2.43. The van der Waals surface area contributed by atoms with Crippen molar-refractivity contribution < 1.29 is 37.4 Å². The summed E-state index contributed by atoms with van der Waals surface area (Å²) in [5.74, 6) is -0.668. The number of nitrogens with one attached hydrogen (secondary N) is 1. The molecule has 0 radical (unpaired) electrons. The van der Waals surface area contributed by atoms with Gasteiger partial charge in [-0.2, -0.15) is 0 Å². The monoisotopic (exact) mass is 644 g/mol. The summed E-state index contributed by atoms with van der Waals surface area (Å²) in [4.78, 5) is 50.6. The molecule has 2 aromatic rings. The van der Waals surface area contributed by atoms with Gasteiger partial charge in [0.2, 0.25) is 11.8 Å². The first-order chi connectivity index (χ1) is 21.8. The van der Waals surface area contributed by atoms with Gasteiger partial charge in [-0.05, 0) is 68.9 Å². The third kappa shape index (κ3) is 6.62. The van der Waals surface area contributed by atoms with Gasteiger partial charge < -0.3 is 29.2 Å². The minimum atomic E-state index is -2.13. The molecule has 10 nitrogen and oxygen atoms in total. The molecule has 46 heavy (non-hydrogen) atoms. The number of alkyl halides is 2. The van der Waals surface area contributed by atoms with Crippen molar-refractivity contribution in [3.05, 3.63) is 23.9 Å². The number of carbonyl (C=O) groups is 3. The number of benzene rings is 1. The molecule has 12 heteroatoms. The van der Waals surface area contributed by atoms with Gasteiger partial charge in [-0.25, -0.2) is 23.5 Å². The highest BCUT2D eigenvalue weighted by Gasteiger charge is 2.49. The molecule has 252 valence electrons. The molecule has 2 fully saturated rings. The Bertz CT molecular complexity index is 1450. The van der Waals surface area contributed by atoms with Gasteiger partial charge >= 0.3 is 6.09 Å². The largest absolute Gasteiger partial charge is 0.497 e. The minimum Gasteiger partial charge on any atom is -0.497 e. The standard InChI is InChI=1S/C34H46F2N4O6/c1-7-21-25(18-41)40-17-26(21)45-30-28(37-23-14-13-20(44-6)16-24(23)38-30)27(36)22(35)12-8-10-19-11-9-15-34(19,5)46-32(43)39-29(31(40)42)33(2,3)4/h13-14,16,18-19,21-22,25-27,29H,7-12,15,17H2,1-6H3,(H,39,43)/t19-,21+,22?,25-,26+,27?,29-,34-/m1/s1. The molecular formula is C34H46F2N4O6. The third-order valence-electron chi connectivity index (χ3n) is 10.1. The molecule has 1 saturated heterocycles. The number of hydrogen-bond acceptors (Lipinski definition) is 8. The fraction of sp³-hybridized carbons (Fsp3) is 0.676. The summed E-state index contributed by atoms with van der Waals surface area (Å²) in [5, 5.41) is 2.82. The number of rotatable bonds is 3. The molecule has 1 saturated carbocycles. The smallest absolute Gasteiger partial charge is 0.408 e. The first kappa shape index (κ1) is 33.8. The number of nitrogens with zero attached hydrogens (tertiary/aromatic N) is 3. The molecular weight excluding hydrogens is 598 g/mol. The van der Waals surface area contributed by atoms with E-state index in [1.165, 1.54) is 12.0 Å². The lowest BCUT2D eigenvalue weighted by molar-refractivity contribution is -0.139. The van der Waals surface area contributed by atoms with Crippen LogP contribution in [-0.2, 0) is 14.3 Å². The Morgan fingerprint density at radius 3 is 2.54 bits per heavy atom. The molecule has 1 aromatic heterocycles. The number of halogens is 2. The second-order valence-electron chi connectivity index (χ2n) is 14.2. The van der Waals surface area contributed by atoms with E-state index in [4.69, 9.17) is 14.2 Å². The van der Waals surface area contributed by atoms with Gasteiger partial charge in [-0.15, -0.1) is 0 Å². The van der Waals surface area contributed by atoms with Crippen molar-refractivity contribution in [3.63, 3.8) is 0 Å². The summed E-state index contributed by atoms with van der Waals surface area (Å²) in [7, 11) is 1.51. The quantitative estimate of drug-likeness (QED) is 0.401. The van der Waals surface area contributed by atoms with E-state index in [1.54, 1.807) is 18.2 Å². The van der Waals surface area contributed by atoms with Crippen molar-refractivity contribution in [2.45, 2.75) is 116 Å². The Morgan fingerprint density at radius 2 is 1.87 bits per heavy atom. The molecule has 2 bridgehead atoms. The number of carbonyl (C=O) groups excluding carboxylic acids is 3. The average Bonchev–Trinajstić information content (AvgIpc) is 3.56. The summed E-state index contributed by atoms with van der Waals surface area (Å²) in [6, 6.07) is 3.04. The van der Waals surface area contributed by atoms with Crippen molar-refractivity contribution in [2.24, 2.45) is 17.3 Å². The Labute approximate surface area is 268 Å². The van der Waals surface area contributed by atoms with Crippen LogP contribution in [0, 0.1) is 17.3 Å². The number of methoxy groups -OCH3 is 1. The maximum absolute atomic E-state index is 16.1. The lowest BCUT2D eigenvalue weighted by Crippen LogP contribution is -2.57. The highest BCUT2D eigenvalue weighted by atomic mass is 19.2. The van der Waals surface area contributed by atoms with Gasteiger partial charge in [0.25, 0.3) is 0 Å². The fourth-order valence-electron chi connectivity index (χ4n) is 7.35. The van der Waals surface area contributed by atoms with Crippen LogP contribution in [0.15, 0.2) is 18.2 Å². The maximum atomic E-state index is 16.1. The lowest BCUT2D eigenvalue weighted by Gasteiger charge is -2.37. The van der Waals surface area contributed by atoms with Crippen LogP contribution in [0.1, 0.15) is 91.4 Å². The zero-order valence-corrected chi connectivity index (χ0v) is 27.6. The van der Waals surface area contributed by atoms with E-state index in [0.29, 0.717) is 48.8 Å². The molecule has 2 aliphatic heterocycles. The zero-order valence-electron chi connectivity index (χ0n) is 27.6. The first-order valence-corrected chi connectivity index (χ1v) is 16.3. The maximum Gasteiger partial charge on any atom is 0.408 e. The van der Waals surface area contributed by atoms with Gasteiger partial charge in [-0.1, -0.05) is 34.1 Å². The van der Waals surface area contributed by atoms with Crippen molar-refractivity contribution in [3.8, 4) is 11.6 Å². The van der Waals surface area contributed by atoms with Crippen LogP contribution in [-0.4, -0.2) is 76.8 Å². The summed E-state index contributed by atoms with van der Waals surface area (Å²) >= 11 is 0. The van der Waals surface area contributed by atoms with Crippen LogP contribution >= 0.6 is 0 Å². The van der Waals surface area contributed by atoms with Crippen molar-refractivity contribution >= 4 is 29.3 Å². The second kappa shape index (κ2) is 13.3. The van der Waals surface area contributed by atoms with Gasteiger partial charge in [0, 0.05) is 12.0 Å². The molecule has 1 aromatic carbocycles. The predicted octanol–water partition coefficient (Wildman–Crippen LogP) is 6.05. The van der Waals surface area contributed by atoms with E-state index in [9.17, 15) is 14.4 Å². The normalized spacial score (nSPS) is 32.8. The Kier molecular flexibility index (Phi) is 9.75. The van der Waals surface area contributed by atoms with Gasteiger partial charge in [-0.3, -0.25) is 4.79 Å². The number of hydrogen-bond donors (Lipinski definition) is 1. The van der Waals surface area contributed by atoms with Crippen molar-refractivity contribution in [1.82, 2.24) is 20.2 Å².